The molecule has 0 radical (unpaired) electrons. The number of nitrogens with one attached hydrogen (secondary N) is 1. The molecular weight excluding hydrogens is 294 g/mol. The van der Waals surface area contributed by atoms with Crippen LogP contribution in [0.3, 0.4) is 0 Å². The van der Waals surface area contributed by atoms with E-state index < -0.39 is 0 Å². The molecule has 0 spiro atoms. The number of hydrogen-bond donors (Lipinski definition) is 1. The van der Waals surface area contributed by atoms with Gasteiger partial charge in [0.25, 0.3) is 11.8 Å². The standard InChI is InChI=1S/C17H21N3O3/c1-5-20(6-2)17(22)13-7-9-14(10-8-13)18-16(21)15-11(3)19-23-12(15)4/h7-10H,5-6H2,1-4H3,(H,18,21). The first-order valence-corrected chi connectivity index (χ1v) is 7.61. The highest BCUT2D eigenvalue weighted by atomic mass is 16.5. The molecule has 1 aromatic heterocycles. The molecule has 0 unspecified atom stereocenters. The molecule has 0 saturated heterocycles. The van der Waals surface area contributed by atoms with Crippen LogP contribution in [-0.2, 0) is 0 Å². The van der Waals surface area contributed by atoms with Gasteiger partial charge >= 0.3 is 0 Å². The number of rotatable bonds is 5. The average molecular weight is 315 g/mol. The number of aromatic nitrogens is 1. The molecule has 0 saturated carbocycles. The second kappa shape index (κ2) is 7.09. The van der Waals surface area contributed by atoms with Crippen molar-refractivity contribution >= 4 is 17.5 Å². The lowest BCUT2D eigenvalue weighted by Crippen LogP contribution is -2.30. The molecule has 0 bridgehead atoms. The quantitative estimate of drug-likeness (QED) is 0.920. The molecule has 1 heterocycles. The summed E-state index contributed by atoms with van der Waals surface area (Å²) in [5, 5.41) is 6.55. The Labute approximate surface area is 135 Å². The Kier molecular flexibility index (Phi) is 5.16. The van der Waals surface area contributed by atoms with Crippen molar-refractivity contribution in [2.24, 2.45) is 0 Å². The van der Waals surface area contributed by atoms with Crippen molar-refractivity contribution in [3.05, 3.63) is 46.8 Å². The van der Waals surface area contributed by atoms with Gasteiger partial charge in [-0.2, -0.15) is 0 Å². The number of carbonyl (C=O) groups is 2. The van der Waals surface area contributed by atoms with E-state index in [1.54, 1.807) is 43.0 Å². The van der Waals surface area contributed by atoms with E-state index in [1.165, 1.54) is 0 Å². The molecule has 1 aromatic carbocycles. The van der Waals surface area contributed by atoms with Crippen LogP contribution in [0.15, 0.2) is 28.8 Å². The fourth-order valence-corrected chi connectivity index (χ4v) is 2.39. The lowest BCUT2D eigenvalue weighted by molar-refractivity contribution is 0.0773. The highest BCUT2D eigenvalue weighted by molar-refractivity contribution is 6.05. The molecule has 6 nitrogen and oxygen atoms in total. The Morgan fingerprint density at radius 1 is 1.13 bits per heavy atom. The summed E-state index contributed by atoms with van der Waals surface area (Å²) in [6.07, 6.45) is 0. The maximum absolute atomic E-state index is 12.3. The summed E-state index contributed by atoms with van der Waals surface area (Å²) in [5.74, 6) is 0.191. The van der Waals surface area contributed by atoms with E-state index >= 15 is 0 Å². The van der Waals surface area contributed by atoms with Crippen molar-refractivity contribution in [1.29, 1.82) is 0 Å². The number of carbonyl (C=O) groups excluding carboxylic acids is 2. The predicted molar refractivity (Wildman–Crippen MR) is 87.6 cm³/mol. The largest absolute Gasteiger partial charge is 0.361 e. The van der Waals surface area contributed by atoms with E-state index in [4.69, 9.17) is 4.52 Å². The van der Waals surface area contributed by atoms with E-state index in [0.717, 1.165) is 0 Å². The summed E-state index contributed by atoms with van der Waals surface area (Å²) in [4.78, 5) is 26.2. The molecule has 122 valence electrons. The monoisotopic (exact) mass is 315 g/mol. The van der Waals surface area contributed by atoms with Crippen LogP contribution in [0.4, 0.5) is 5.69 Å². The molecule has 2 aromatic rings. The first-order valence-electron chi connectivity index (χ1n) is 7.61. The molecule has 23 heavy (non-hydrogen) atoms. The van der Waals surface area contributed by atoms with E-state index in [9.17, 15) is 9.59 Å². The Balaban J connectivity index is 2.11. The van der Waals surface area contributed by atoms with Gasteiger partial charge in [0.2, 0.25) is 0 Å². The SMILES string of the molecule is CCN(CC)C(=O)c1ccc(NC(=O)c2c(C)noc2C)cc1. The molecule has 0 aliphatic rings. The predicted octanol–water partition coefficient (Wildman–Crippen LogP) is 3.03. The number of nitrogens with zero attached hydrogens (tertiary/aromatic N) is 2. The molecule has 2 amide bonds. The van der Waals surface area contributed by atoms with Gasteiger partial charge in [0.1, 0.15) is 11.3 Å². The first kappa shape index (κ1) is 16.7. The molecule has 1 N–H and O–H groups in total. The molecule has 2 rings (SSSR count). The van der Waals surface area contributed by atoms with Crippen molar-refractivity contribution in [2.75, 3.05) is 18.4 Å². The number of hydrogen-bond acceptors (Lipinski definition) is 4. The van der Waals surface area contributed by atoms with Crippen LogP contribution < -0.4 is 5.32 Å². The van der Waals surface area contributed by atoms with Gasteiger partial charge in [-0.1, -0.05) is 5.16 Å². The first-order chi connectivity index (χ1) is 11.0. The maximum Gasteiger partial charge on any atom is 0.261 e. The Hall–Kier alpha value is -2.63. The molecule has 0 aliphatic carbocycles. The number of amides is 2. The van der Waals surface area contributed by atoms with Gasteiger partial charge in [-0.25, -0.2) is 0 Å². The van der Waals surface area contributed by atoms with Crippen molar-refractivity contribution in [3.63, 3.8) is 0 Å². The Morgan fingerprint density at radius 2 is 1.74 bits per heavy atom. The summed E-state index contributed by atoms with van der Waals surface area (Å²) in [6.45, 7) is 8.64. The number of benzene rings is 1. The lowest BCUT2D eigenvalue weighted by Gasteiger charge is -2.18. The topological polar surface area (TPSA) is 75.4 Å². The highest BCUT2D eigenvalue weighted by Gasteiger charge is 2.18. The van der Waals surface area contributed by atoms with Crippen LogP contribution in [0.5, 0.6) is 0 Å². The van der Waals surface area contributed by atoms with Gasteiger partial charge in [-0.15, -0.1) is 0 Å². The molecule has 0 fully saturated rings. The second-order valence-corrected chi connectivity index (χ2v) is 5.21. The van der Waals surface area contributed by atoms with E-state index in [2.05, 4.69) is 10.5 Å². The summed E-state index contributed by atoms with van der Waals surface area (Å²) in [6, 6.07) is 6.85. The molecular formula is C17H21N3O3. The summed E-state index contributed by atoms with van der Waals surface area (Å²) in [7, 11) is 0. The lowest BCUT2D eigenvalue weighted by atomic mass is 10.1. The van der Waals surface area contributed by atoms with Gasteiger partial charge in [0.05, 0.1) is 5.69 Å². The Morgan fingerprint density at radius 3 is 2.22 bits per heavy atom. The molecule has 6 heteroatoms. The van der Waals surface area contributed by atoms with Gasteiger partial charge in [-0.3, -0.25) is 9.59 Å². The third kappa shape index (κ3) is 3.59. The van der Waals surface area contributed by atoms with Gasteiger partial charge in [0, 0.05) is 24.3 Å². The molecule has 0 aliphatic heterocycles. The zero-order valence-electron chi connectivity index (χ0n) is 13.8. The van der Waals surface area contributed by atoms with Crippen LogP contribution in [0.2, 0.25) is 0 Å². The average Bonchev–Trinajstić information content (AvgIpc) is 2.88. The maximum atomic E-state index is 12.3. The van der Waals surface area contributed by atoms with Crippen LogP contribution in [0.25, 0.3) is 0 Å². The molecule has 0 atom stereocenters. The van der Waals surface area contributed by atoms with Crippen molar-refractivity contribution in [3.8, 4) is 0 Å². The van der Waals surface area contributed by atoms with Crippen LogP contribution in [-0.4, -0.2) is 35.0 Å². The normalized spacial score (nSPS) is 10.4. The van der Waals surface area contributed by atoms with Gasteiger partial charge in [-0.05, 0) is 52.0 Å². The summed E-state index contributed by atoms with van der Waals surface area (Å²) >= 11 is 0. The fourth-order valence-electron chi connectivity index (χ4n) is 2.39. The summed E-state index contributed by atoms with van der Waals surface area (Å²) < 4.78 is 4.99. The zero-order chi connectivity index (χ0) is 17.0. The minimum absolute atomic E-state index is 0.0152. The highest BCUT2D eigenvalue weighted by Crippen LogP contribution is 2.16. The second-order valence-electron chi connectivity index (χ2n) is 5.21. The zero-order valence-corrected chi connectivity index (χ0v) is 13.8. The van der Waals surface area contributed by atoms with Crippen LogP contribution >= 0.6 is 0 Å². The third-order valence-electron chi connectivity index (χ3n) is 3.70. The minimum atomic E-state index is -0.274. The van der Waals surface area contributed by atoms with Crippen LogP contribution in [0, 0.1) is 13.8 Å². The van der Waals surface area contributed by atoms with Crippen molar-refractivity contribution in [1.82, 2.24) is 10.1 Å². The van der Waals surface area contributed by atoms with Crippen molar-refractivity contribution < 1.29 is 14.1 Å². The van der Waals surface area contributed by atoms with E-state index in [-0.39, 0.29) is 11.8 Å². The summed E-state index contributed by atoms with van der Waals surface area (Å²) in [5.41, 5.74) is 2.21. The van der Waals surface area contributed by atoms with Crippen LogP contribution in [0.1, 0.15) is 46.0 Å². The van der Waals surface area contributed by atoms with Crippen molar-refractivity contribution in [2.45, 2.75) is 27.7 Å². The third-order valence-corrected chi connectivity index (χ3v) is 3.70. The number of anilines is 1. The van der Waals surface area contributed by atoms with E-state index in [1.807, 2.05) is 13.8 Å². The van der Waals surface area contributed by atoms with Gasteiger partial charge < -0.3 is 14.7 Å². The Bertz CT molecular complexity index is 681. The number of aryl methyl sites for hydroxylation is 2. The smallest absolute Gasteiger partial charge is 0.261 e. The fraction of sp³-hybridized carbons (Fsp3) is 0.353. The van der Waals surface area contributed by atoms with Gasteiger partial charge in [0.15, 0.2) is 0 Å². The van der Waals surface area contributed by atoms with E-state index in [0.29, 0.717) is 41.4 Å². The minimum Gasteiger partial charge on any atom is -0.361 e.